The monoisotopic (exact) mass is 322 g/mol. The van der Waals surface area contributed by atoms with Crippen LogP contribution in [0.3, 0.4) is 0 Å². The minimum atomic E-state index is 0.167. The van der Waals surface area contributed by atoms with Crippen LogP contribution in [-0.4, -0.2) is 11.1 Å². The lowest BCUT2D eigenvalue weighted by Gasteiger charge is -2.42. The van der Waals surface area contributed by atoms with Crippen molar-refractivity contribution < 1.29 is 4.79 Å². The van der Waals surface area contributed by atoms with Crippen molar-refractivity contribution in [2.45, 2.75) is 58.3 Å². The third-order valence-corrected chi connectivity index (χ3v) is 5.13. The third kappa shape index (κ3) is 2.52. The number of alkyl halides is 1. The topological polar surface area (TPSA) is 17.1 Å². The molecule has 0 spiro atoms. The normalized spacial score (nSPS) is 19.9. The van der Waals surface area contributed by atoms with Crippen molar-refractivity contribution in [1.29, 1.82) is 0 Å². The van der Waals surface area contributed by atoms with E-state index in [4.69, 9.17) is 0 Å². The van der Waals surface area contributed by atoms with Gasteiger partial charge in [-0.05, 0) is 53.4 Å². The number of fused-ring (bicyclic) bond motifs is 1. The molecule has 0 aliphatic heterocycles. The molecule has 1 aromatic carbocycles. The number of aryl methyl sites for hydroxylation is 1. The summed E-state index contributed by atoms with van der Waals surface area (Å²) in [5.41, 5.74) is 5.15. The quantitative estimate of drug-likeness (QED) is 0.557. The number of carbonyl (C=O) groups excluding carboxylic acids is 1. The summed E-state index contributed by atoms with van der Waals surface area (Å²) in [5, 5.41) is 0.399. The summed E-state index contributed by atoms with van der Waals surface area (Å²) in [6.45, 7) is 11.3. The molecule has 0 N–H and O–H groups in total. The lowest BCUT2D eigenvalue weighted by molar-refractivity contribution is 0.102. The molecule has 1 aromatic rings. The van der Waals surface area contributed by atoms with E-state index in [9.17, 15) is 4.79 Å². The number of carbonyl (C=O) groups is 1. The third-order valence-electron chi connectivity index (χ3n) is 4.62. The fourth-order valence-electron chi connectivity index (χ4n) is 3.09. The predicted molar refractivity (Wildman–Crippen MR) is 84.6 cm³/mol. The Bertz CT molecular complexity index is 526. The molecule has 2 heteroatoms. The Morgan fingerprint density at radius 3 is 2.05 bits per heavy atom. The first-order valence-electron chi connectivity index (χ1n) is 6.94. The highest BCUT2D eigenvalue weighted by atomic mass is 79.9. The van der Waals surface area contributed by atoms with Crippen molar-refractivity contribution in [2.24, 2.45) is 0 Å². The summed E-state index contributed by atoms with van der Waals surface area (Å²) in [4.78, 5) is 12.0. The summed E-state index contributed by atoms with van der Waals surface area (Å²) in [5.74, 6) is 0.180. The second-order valence-corrected chi connectivity index (χ2v) is 7.60. The number of hydrogen-bond donors (Lipinski definition) is 0. The largest absolute Gasteiger partial charge is 0.293 e. The van der Waals surface area contributed by atoms with Crippen LogP contribution in [0.5, 0.6) is 0 Å². The van der Waals surface area contributed by atoms with Crippen molar-refractivity contribution in [3.63, 3.8) is 0 Å². The van der Waals surface area contributed by atoms with E-state index in [1.54, 1.807) is 0 Å². The molecule has 1 nitrogen and oxygen atoms in total. The van der Waals surface area contributed by atoms with Crippen LogP contribution >= 0.6 is 15.9 Å². The minimum absolute atomic E-state index is 0.167. The van der Waals surface area contributed by atoms with E-state index in [1.807, 2.05) is 6.92 Å². The molecule has 1 aliphatic rings. The average Bonchev–Trinajstić information content (AvgIpc) is 2.34. The van der Waals surface area contributed by atoms with Crippen LogP contribution in [0.4, 0.5) is 0 Å². The van der Waals surface area contributed by atoms with E-state index in [1.165, 1.54) is 24.0 Å². The maximum absolute atomic E-state index is 12.0. The summed E-state index contributed by atoms with van der Waals surface area (Å²) < 4.78 is 0. The Morgan fingerprint density at radius 2 is 1.58 bits per heavy atom. The van der Waals surface area contributed by atoms with Crippen LogP contribution in [0.2, 0.25) is 0 Å². The van der Waals surface area contributed by atoms with Gasteiger partial charge in [-0.2, -0.15) is 0 Å². The Morgan fingerprint density at radius 1 is 1.11 bits per heavy atom. The Kier molecular flexibility index (Phi) is 3.68. The van der Waals surface area contributed by atoms with Gasteiger partial charge in [0.2, 0.25) is 0 Å². The second kappa shape index (κ2) is 4.73. The van der Waals surface area contributed by atoms with Gasteiger partial charge in [-0.15, -0.1) is 0 Å². The maximum atomic E-state index is 12.0. The van der Waals surface area contributed by atoms with E-state index in [0.29, 0.717) is 5.33 Å². The Hall–Kier alpha value is -0.630. The highest BCUT2D eigenvalue weighted by Gasteiger charge is 2.37. The Labute approximate surface area is 124 Å². The van der Waals surface area contributed by atoms with Crippen molar-refractivity contribution in [1.82, 2.24) is 0 Å². The molecule has 2 rings (SSSR count). The number of ketones is 1. The average molecular weight is 323 g/mol. The number of hydrogen-bond acceptors (Lipinski definition) is 1. The molecular weight excluding hydrogens is 300 g/mol. The highest BCUT2D eigenvalue weighted by molar-refractivity contribution is 9.09. The summed E-state index contributed by atoms with van der Waals surface area (Å²) >= 11 is 3.28. The smallest absolute Gasteiger partial charge is 0.173 e. The first-order valence-corrected chi connectivity index (χ1v) is 8.06. The van der Waals surface area contributed by atoms with Crippen LogP contribution in [0.15, 0.2) is 12.1 Å². The van der Waals surface area contributed by atoms with Crippen molar-refractivity contribution in [3.05, 3.63) is 34.4 Å². The molecule has 0 heterocycles. The molecule has 0 saturated heterocycles. The van der Waals surface area contributed by atoms with E-state index in [2.05, 4.69) is 55.8 Å². The molecule has 0 unspecified atom stereocenters. The Balaban J connectivity index is 2.68. The number of Topliss-reactive ketones (excluding diaryl/α,β-unsaturated/α-hetero) is 1. The molecule has 0 amide bonds. The van der Waals surface area contributed by atoms with Crippen molar-refractivity contribution in [3.8, 4) is 0 Å². The van der Waals surface area contributed by atoms with Gasteiger partial charge in [-0.1, -0.05) is 49.7 Å². The first-order chi connectivity index (χ1) is 8.69. The van der Waals surface area contributed by atoms with Crippen molar-refractivity contribution in [2.75, 3.05) is 5.33 Å². The number of benzene rings is 1. The molecule has 0 saturated carbocycles. The van der Waals surface area contributed by atoms with Gasteiger partial charge in [-0.25, -0.2) is 0 Å². The van der Waals surface area contributed by atoms with Gasteiger partial charge in [0.15, 0.2) is 5.78 Å². The van der Waals surface area contributed by atoms with Crippen LogP contribution in [0.25, 0.3) is 0 Å². The summed E-state index contributed by atoms with van der Waals surface area (Å²) in [7, 11) is 0. The van der Waals surface area contributed by atoms with Crippen LogP contribution in [0.1, 0.15) is 67.6 Å². The van der Waals surface area contributed by atoms with Gasteiger partial charge in [0.1, 0.15) is 0 Å². The number of rotatable bonds is 2. The van der Waals surface area contributed by atoms with Crippen LogP contribution in [0, 0.1) is 6.92 Å². The second-order valence-electron chi connectivity index (χ2n) is 7.04. The standard InChI is InChI=1S/C17H23BrO/c1-11-8-13-14(9-12(11)15(19)10-18)17(4,5)7-6-16(13,2)3/h8-9H,6-7,10H2,1-5H3. The van der Waals surface area contributed by atoms with Gasteiger partial charge in [0.25, 0.3) is 0 Å². The zero-order valence-corrected chi connectivity index (χ0v) is 14.1. The first kappa shape index (κ1) is 14.8. The van der Waals surface area contributed by atoms with E-state index >= 15 is 0 Å². The summed E-state index contributed by atoms with van der Waals surface area (Å²) in [6.07, 6.45) is 2.39. The lowest BCUT2D eigenvalue weighted by Crippen LogP contribution is -2.34. The number of halogens is 1. The van der Waals surface area contributed by atoms with E-state index in [-0.39, 0.29) is 16.6 Å². The fraction of sp³-hybridized carbons (Fsp3) is 0.588. The summed E-state index contributed by atoms with van der Waals surface area (Å²) in [6, 6.07) is 4.39. The molecule has 104 valence electrons. The minimum Gasteiger partial charge on any atom is -0.293 e. The van der Waals surface area contributed by atoms with Gasteiger partial charge in [0.05, 0.1) is 5.33 Å². The SMILES string of the molecule is Cc1cc2c(cc1C(=O)CBr)C(C)(C)CCC2(C)C. The van der Waals surface area contributed by atoms with Gasteiger partial charge >= 0.3 is 0 Å². The molecule has 0 aromatic heterocycles. The van der Waals surface area contributed by atoms with Crippen LogP contribution < -0.4 is 0 Å². The predicted octanol–water partition coefficient (Wildman–Crippen LogP) is 4.92. The fourth-order valence-corrected chi connectivity index (χ4v) is 3.40. The van der Waals surface area contributed by atoms with Crippen LogP contribution in [-0.2, 0) is 10.8 Å². The van der Waals surface area contributed by atoms with Gasteiger partial charge < -0.3 is 0 Å². The van der Waals surface area contributed by atoms with E-state index in [0.717, 1.165) is 11.1 Å². The molecule has 19 heavy (non-hydrogen) atoms. The van der Waals surface area contributed by atoms with Gasteiger partial charge in [-0.3, -0.25) is 4.79 Å². The lowest BCUT2D eigenvalue weighted by atomic mass is 9.62. The van der Waals surface area contributed by atoms with Crippen molar-refractivity contribution >= 4 is 21.7 Å². The molecule has 0 bridgehead atoms. The zero-order chi connectivity index (χ0) is 14.4. The maximum Gasteiger partial charge on any atom is 0.173 e. The molecule has 0 fully saturated rings. The highest BCUT2D eigenvalue weighted by Crippen LogP contribution is 2.46. The van der Waals surface area contributed by atoms with E-state index < -0.39 is 0 Å². The molecular formula is C17H23BrO. The van der Waals surface area contributed by atoms with Gasteiger partial charge in [0, 0.05) is 5.56 Å². The zero-order valence-electron chi connectivity index (χ0n) is 12.6. The molecule has 0 radical (unpaired) electrons. The molecule has 0 atom stereocenters. The molecule has 1 aliphatic carbocycles.